The Labute approximate surface area is 117 Å². The molecule has 0 atom stereocenters. The summed E-state index contributed by atoms with van der Waals surface area (Å²) in [5.41, 5.74) is 2.71. The summed E-state index contributed by atoms with van der Waals surface area (Å²) in [5, 5.41) is 0.646. The molecule has 0 radical (unpaired) electrons. The quantitative estimate of drug-likeness (QED) is 0.563. The first-order chi connectivity index (χ1) is 9.74. The molecule has 0 aliphatic carbocycles. The Morgan fingerprint density at radius 1 is 1.25 bits per heavy atom. The second-order valence-corrected chi connectivity index (χ2v) is 5.57. The Kier molecular flexibility index (Phi) is 2.28. The first-order valence-electron chi connectivity index (χ1n) is 6.16. The fourth-order valence-corrected chi connectivity index (χ4v) is 3.46. The maximum Gasteiger partial charge on any atom is 0.259 e. The van der Waals surface area contributed by atoms with Crippen LogP contribution in [0.1, 0.15) is 5.56 Å². The highest BCUT2D eigenvalue weighted by atomic mass is 32.1. The lowest BCUT2D eigenvalue weighted by Crippen LogP contribution is -2.05. The van der Waals surface area contributed by atoms with Gasteiger partial charge in [0, 0.05) is 0 Å². The van der Waals surface area contributed by atoms with Gasteiger partial charge < -0.3 is 9.97 Å². The molecule has 0 amide bonds. The van der Waals surface area contributed by atoms with Gasteiger partial charge in [-0.3, -0.25) is 4.79 Å². The largest absolute Gasteiger partial charge is 0.337 e. The van der Waals surface area contributed by atoms with Crippen LogP contribution < -0.4 is 5.56 Å². The lowest BCUT2D eigenvalue weighted by atomic mass is 10.2. The predicted octanol–water partition coefficient (Wildman–Crippen LogP) is 2.84. The number of rotatable bonds is 1. The summed E-state index contributed by atoms with van der Waals surface area (Å²) in [5.74, 6) is 0.783. The molecular weight excluding hydrogens is 272 g/mol. The second-order valence-electron chi connectivity index (χ2n) is 4.57. The summed E-state index contributed by atoms with van der Waals surface area (Å²) in [4.78, 5) is 28.3. The van der Waals surface area contributed by atoms with E-state index in [1.807, 2.05) is 31.2 Å². The van der Waals surface area contributed by atoms with Crippen molar-refractivity contribution in [3.63, 3.8) is 0 Å². The van der Waals surface area contributed by atoms with Gasteiger partial charge in [-0.05, 0) is 24.6 Å². The average molecular weight is 282 g/mol. The number of aromatic amines is 2. The Balaban J connectivity index is 2.04. The van der Waals surface area contributed by atoms with Crippen LogP contribution in [0.3, 0.4) is 0 Å². The third-order valence-corrected chi connectivity index (χ3v) is 4.54. The number of nitrogens with one attached hydrogen (secondary N) is 2. The lowest BCUT2D eigenvalue weighted by molar-refractivity contribution is 1.18. The summed E-state index contributed by atoms with van der Waals surface area (Å²) in [6.07, 6.45) is 1.43. The van der Waals surface area contributed by atoms with Crippen molar-refractivity contribution in [2.45, 2.75) is 6.92 Å². The van der Waals surface area contributed by atoms with Crippen molar-refractivity contribution < 1.29 is 0 Å². The van der Waals surface area contributed by atoms with Gasteiger partial charge in [0.15, 0.2) is 0 Å². The van der Waals surface area contributed by atoms with Gasteiger partial charge in [0.25, 0.3) is 5.56 Å². The number of aromatic nitrogens is 4. The molecule has 0 aliphatic rings. The lowest BCUT2D eigenvalue weighted by Gasteiger charge is -1.92. The number of thiophene rings is 1. The van der Waals surface area contributed by atoms with Gasteiger partial charge in [-0.2, -0.15) is 0 Å². The average Bonchev–Trinajstić information content (AvgIpc) is 3.00. The van der Waals surface area contributed by atoms with Crippen LogP contribution in [0.4, 0.5) is 0 Å². The van der Waals surface area contributed by atoms with Crippen LogP contribution in [0, 0.1) is 6.92 Å². The van der Waals surface area contributed by atoms with E-state index in [4.69, 9.17) is 0 Å². The molecule has 20 heavy (non-hydrogen) atoms. The number of aryl methyl sites for hydroxylation is 1. The van der Waals surface area contributed by atoms with Gasteiger partial charge >= 0.3 is 0 Å². The van der Waals surface area contributed by atoms with E-state index in [2.05, 4.69) is 19.9 Å². The van der Waals surface area contributed by atoms with E-state index < -0.39 is 0 Å². The van der Waals surface area contributed by atoms with Crippen LogP contribution in [-0.2, 0) is 0 Å². The van der Waals surface area contributed by atoms with E-state index in [0.29, 0.717) is 5.39 Å². The predicted molar refractivity (Wildman–Crippen MR) is 80.1 cm³/mol. The van der Waals surface area contributed by atoms with Crippen molar-refractivity contribution in [2.75, 3.05) is 0 Å². The first kappa shape index (κ1) is 11.4. The Morgan fingerprint density at radius 2 is 2.10 bits per heavy atom. The topological polar surface area (TPSA) is 74.4 Å². The normalized spacial score (nSPS) is 11.4. The van der Waals surface area contributed by atoms with Gasteiger partial charge in [0.2, 0.25) is 0 Å². The smallest absolute Gasteiger partial charge is 0.259 e. The minimum absolute atomic E-state index is 0.105. The van der Waals surface area contributed by atoms with E-state index in [1.165, 1.54) is 17.7 Å². The Morgan fingerprint density at radius 3 is 2.90 bits per heavy atom. The van der Waals surface area contributed by atoms with E-state index in [1.54, 1.807) is 0 Å². The van der Waals surface area contributed by atoms with Crippen LogP contribution in [0.15, 0.2) is 35.4 Å². The molecule has 6 heteroatoms. The van der Waals surface area contributed by atoms with Crippen LogP contribution in [0.2, 0.25) is 0 Å². The number of fused-ring (bicyclic) bond motifs is 2. The van der Waals surface area contributed by atoms with Crippen molar-refractivity contribution in [1.82, 2.24) is 19.9 Å². The maximum absolute atomic E-state index is 11.9. The van der Waals surface area contributed by atoms with Crippen LogP contribution in [0.5, 0.6) is 0 Å². The summed E-state index contributed by atoms with van der Waals surface area (Å²) in [6, 6.07) is 7.87. The molecule has 0 saturated carbocycles. The fourth-order valence-electron chi connectivity index (χ4n) is 2.36. The third kappa shape index (κ3) is 1.51. The van der Waals surface area contributed by atoms with Crippen LogP contribution in [-0.4, -0.2) is 19.9 Å². The Hall–Kier alpha value is -2.47. The number of imidazole rings is 1. The summed E-state index contributed by atoms with van der Waals surface area (Å²) < 4.78 is 0. The zero-order valence-electron chi connectivity index (χ0n) is 10.6. The molecule has 0 bridgehead atoms. The number of hydrogen-bond donors (Lipinski definition) is 2. The van der Waals surface area contributed by atoms with E-state index in [0.717, 1.165) is 32.1 Å². The first-order valence-corrected chi connectivity index (χ1v) is 6.97. The molecule has 0 saturated heterocycles. The molecule has 98 valence electrons. The maximum atomic E-state index is 11.9. The summed E-state index contributed by atoms with van der Waals surface area (Å²) >= 11 is 1.48. The van der Waals surface area contributed by atoms with E-state index in [9.17, 15) is 4.79 Å². The Bertz CT molecular complexity index is 962. The number of benzene rings is 1. The number of hydrogen-bond acceptors (Lipinski definition) is 4. The minimum atomic E-state index is -0.105. The van der Waals surface area contributed by atoms with Crippen LogP contribution in [0.25, 0.3) is 32.0 Å². The summed E-state index contributed by atoms with van der Waals surface area (Å²) in [7, 11) is 0. The molecule has 0 spiro atoms. The van der Waals surface area contributed by atoms with Gasteiger partial charge in [-0.25, -0.2) is 9.97 Å². The molecule has 5 nitrogen and oxygen atoms in total. The fraction of sp³-hybridized carbons (Fsp3) is 0.0714. The molecule has 0 fully saturated rings. The second kappa shape index (κ2) is 4.01. The van der Waals surface area contributed by atoms with E-state index >= 15 is 0 Å². The SMILES string of the molecule is Cc1c(-c2nc3ccccc3[nH]2)sc2nc[nH]c(=O)c12. The molecular formula is C14H10N4OS. The molecule has 3 heterocycles. The van der Waals surface area contributed by atoms with Gasteiger partial charge in [-0.1, -0.05) is 12.1 Å². The van der Waals surface area contributed by atoms with Crippen molar-refractivity contribution >= 4 is 32.6 Å². The number of H-pyrrole nitrogens is 2. The highest BCUT2D eigenvalue weighted by molar-refractivity contribution is 7.22. The summed E-state index contributed by atoms with van der Waals surface area (Å²) in [6.45, 7) is 1.93. The number of nitrogens with zero attached hydrogens (tertiary/aromatic N) is 2. The van der Waals surface area contributed by atoms with Gasteiger partial charge in [0.1, 0.15) is 10.7 Å². The van der Waals surface area contributed by atoms with Crippen molar-refractivity contribution in [2.24, 2.45) is 0 Å². The molecule has 4 rings (SSSR count). The molecule has 0 unspecified atom stereocenters. The van der Waals surface area contributed by atoms with Crippen molar-refractivity contribution in [3.8, 4) is 10.7 Å². The number of para-hydroxylation sites is 2. The third-order valence-electron chi connectivity index (χ3n) is 3.34. The molecule has 4 aromatic rings. The van der Waals surface area contributed by atoms with Gasteiger partial charge in [0.05, 0.1) is 27.6 Å². The molecule has 3 aromatic heterocycles. The van der Waals surface area contributed by atoms with E-state index in [-0.39, 0.29) is 5.56 Å². The zero-order chi connectivity index (χ0) is 13.7. The van der Waals surface area contributed by atoms with Crippen molar-refractivity contribution in [3.05, 3.63) is 46.5 Å². The standard InChI is InChI=1S/C14H10N4OS/c1-7-10-13(19)15-6-16-14(10)20-11(7)12-17-8-4-2-3-5-9(8)18-12/h2-6H,1H3,(H,17,18)(H,15,16,19). The minimum Gasteiger partial charge on any atom is -0.337 e. The zero-order valence-corrected chi connectivity index (χ0v) is 11.4. The highest BCUT2D eigenvalue weighted by Gasteiger charge is 2.16. The van der Waals surface area contributed by atoms with Crippen molar-refractivity contribution in [1.29, 1.82) is 0 Å². The highest BCUT2D eigenvalue weighted by Crippen LogP contribution is 2.34. The monoisotopic (exact) mass is 282 g/mol. The van der Waals surface area contributed by atoms with Gasteiger partial charge in [-0.15, -0.1) is 11.3 Å². The molecule has 0 aliphatic heterocycles. The van der Waals surface area contributed by atoms with Crippen LogP contribution >= 0.6 is 11.3 Å². The molecule has 2 N–H and O–H groups in total. The molecule has 1 aromatic carbocycles.